The fourth-order valence-electron chi connectivity index (χ4n) is 1.84. The molecule has 1 aromatic carbocycles. The van der Waals surface area contributed by atoms with Crippen LogP contribution in [0.4, 0.5) is 0 Å². The van der Waals surface area contributed by atoms with Gasteiger partial charge in [0.1, 0.15) is 17.3 Å². The van der Waals surface area contributed by atoms with E-state index in [4.69, 9.17) is 11.0 Å². The summed E-state index contributed by atoms with van der Waals surface area (Å²) in [7, 11) is 0. The van der Waals surface area contributed by atoms with Crippen LogP contribution in [0.1, 0.15) is 21.6 Å². The van der Waals surface area contributed by atoms with E-state index in [0.717, 1.165) is 4.68 Å². The Morgan fingerprint density at radius 2 is 2.05 bits per heavy atom. The van der Waals surface area contributed by atoms with Gasteiger partial charge in [-0.05, 0) is 19.1 Å². The van der Waals surface area contributed by atoms with Crippen LogP contribution in [0.25, 0.3) is 5.69 Å². The molecule has 100 valence electrons. The third kappa shape index (κ3) is 2.22. The molecule has 6 nitrogen and oxygen atoms in total. The minimum absolute atomic E-state index is 0.0486. The first-order valence-corrected chi connectivity index (χ1v) is 5.93. The molecule has 0 bridgehead atoms. The van der Waals surface area contributed by atoms with Crippen molar-refractivity contribution in [3.05, 3.63) is 57.5 Å². The van der Waals surface area contributed by atoms with E-state index in [0.29, 0.717) is 5.69 Å². The van der Waals surface area contributed by atoms with E-state index in [1.807, 2.05) is 6.07 Å². The molecule has 2 N–H and O–H groups in total. The van der Waals surface area contributed by atoms with Crippen LogP contribution in [-0.4, -0.2) is 22.1 Å². The van der Waals surface area contributed by atoms with Gasteiger partial charge in [0.15, 0.2) is 5.78 Å². The van der Waals surface area contributed by atoms with Crippen LogP contribution < -0.4 is 11.3 Å². The van der Waals surface area contributed by atoms with Gasteiger partial charge in [-0.2, -0.15) is 15.0 Å². The van der Waals surface area contributed by atoms with Gasteiger partial charge in [-0.25, -0.2) is 0 Å². The van der Waals surface area contributed by atoms with Crippen molar-refractivity contribution in [2.75, 3.05) is 6.54 Å². The summed E-state index contributed by atoms with van der Waals surface area (Å²) in [6, 6.07) is 10.4. The second-order valence-electron chi connectivity index (χ2n) is 4.14. The minimum atomic E-state index is -0.551. The predicted octanol–water partition coefficient (Wildman–Crippen LogP) is 0.554. The zero-order valence-corrected chi connectivity index (χ0v) is 10.8. The van der Waals surface area contributed by atoms with Crippen molar-refractivity contribution in [2.24, 2.45) is 5.73 Å². The van der Waals surface area contributed by atoms with Crippen LogP contribution in [0.5, 0.6) is 0 Å². The molecule has 0 atom stereocenters. The van der Waals surface area contributed by atoms with Crippen molar-refractivity contribution in [1.29, 1.82) is 5.26 Å². The first kappa shape index (κ1) is 13.6. The molecule has 0 fully saturated rings. The van der Waals surface area contributed by atoms with Gasteiger partial charge in [-0.15, -0.1) is 0 Å². The third-order valence-corrected chi connectivity index (χ3v) is 2.90. The average Bonchev–Trinajstić information content (AvgIpc) is 2.48. The van der Waals surface area contributed by atoms with Crippen molar-refractivity contribution in [1.82, 2.24) is 9.78 Å². The molecule has 1 heterocycles. The summed E-state index contributed by atoms with van der Waals surface area (Å²) in [5.41, 5.74) is 5.48. The maximum atomic E-state index is 12.2. The molecule has 0 aliphatic heterocycles. The van der Waals surface area contributed by atoms with Gasteiger partial charge in [-0.1, -0.05) is 18.2 Å². The highest BCUT2D eigenvalue weighted by Crippen LogP contribution is 2.10. The molecule has 0 radical (unpaired) electrons. The van der Waals surface area contributed by atoms with Gasteiger partial charge < -0.3 is 5.73 Å². The fraction of sp³-hybridized carbons (Fsp3) is 0.143. The molecule has 0 aliphatic carbocycles. The van der Waals surface area contributed by atoms with E-state index >= 15 is 0 Å². The zero-order valence-electron chi connectivity index (χ0n) is 10.8. The van der Waals surface area contributed by atoms with Crippen LogP contribution in [0, 0.1) is 18.3 Å². The maximum absolute atomic E-state index is 12.2. The Labute approximate surface area is 115 Å². The smallest absolute Gasteiger partial charge is 0.289 e. The highest BCUT2D eigenvalue weighted by Gasteiger charge is 2.18. The number of carbonyl (C=O) groups excluding carboxylic acids is 1. The molecule has 1 aromatic heterocycles. The summed E-state index contributed by atoms with van der Waals surface area (Å²) in [5, 5.41) is 13.2. The Morgan fingerprint density at radius 1 is 1.40 bits per heavy atom. The van der Waals surface area contributed by atoms with Gasteiger partial charge in [0.25, 0.3) is 5.56 Å². The predicted molar refractivity (Wildman–Crippen MR) is 72.7 cm³/mol. The van der Waals surface area contributed by atoms with Crippen LogP contribution in [0.2, 0.25) is 0 Å². The lowest BCUT2D eigenvalue weighted by atomic mass is 10.1. The number of benzene rings is 1. The molecular weight excluding hydrogens is 256 g/mol. The van der Waals surface area contributed by atoms with E-state index in [1.54, 1.807) is 30.3 Å². The van der Waals surface area contributed by atoms with Gasteiger partial charge in [0.05, 0.1) is 12.2 Å². The SMILES string of the molecule is Cc1c(C(=O)CN)nn(-c2ccccc2)c(=O)c1C#N. The van der Waals surface area contributed by atoms with E-state index in [1.165, 1.54) is 6.92 Å². The number of rotatable bonds is 3. The Morgan fingerprint density at radius 3 is 2.60 bits per heavy atom. The highest BCUT2D eigenvalue weighted by atomic mass is 16.1. The molecule has 2 rings (SSSR count). The fourth-order valence-corrected chi connectivity index (χ4v) is 1.84. The van der Waals surface area contributed by atoms with Gasteiger partial charge in [-0.3, -0.25) is 9.59 Å². The summed E-state index contributed by atoms with van der Waals surface area (Å²) >= 11 is 0. The van der Waals surface area contributed by atoms with E-state index in [-0.39, 0.29) is 23.4 Å². The molecule has 0 aliphatic rings. The molecule has 0 amide bonds. The van der Waals surface area contributed by atoms with Crippen molar-refractivity contribution in [3.63, 3.8) is 0 Å². The first-order valence-electron chi connectivity index (χ1n) is 5.93. The summed E-state index contributed by atoms with van der Waals surface area (Å²) < 4.78 is 1.05. The van der Waals surface area contributed by atoms with Crippen LogP contribution in [0.3, 0.4) is 0 Å². The standard InChI is InChI=1S/C14H12N4O2/c1-9-11(7-15)14(20)18(10-5-3-2-4-6-10)17-13(9)12(19)8-16/h2-6H,8,16H2,1H3. The molecular formula is C14H12N4O2. The maximum Gasteiger partial charge on any atom is 0.289 e. The summed E-state index contributed by atoms with van der Waals surface area (Å²) in [4.78, 5) is 24.0. The van der Waals surface area contributed by atoms with E-state index < -0.39 is 11.3 Å². The van der Waals surface area contributed by atoms with Crippen molar-refractivity contribution >= 4 is 5.78 Å². The zero-order chi connectivity index (χ0) is 14.7. The second-order valence-corrected chi connectivity index (χ2v) is 4.14. The monoisotopic (exact) mass is 268 g/mol. The number of carbonyl (C=O) groups is 1. The third-order valence-electron chi connectivity index (χ3n) is 2.90. The first-order chi connectivity index (χ1) is 9.60. The number of para-hydroxylation sites is 1. The Balaban J connectivity index is 2.81. The lowest BCUT2D eigenvalue weighted by Gasteiger charge is -2.10. The number of nitrogens with zero attached hydrogens (tertiary/aromatic N) is 3. The Bertz CT molecular complexity index is 757. The van der Waals surface area contributed by atoms with Gasteiger partial charge >= 0.3 is 0 Å². The van der Waals surface area contributed by atoms with Crippen LogP contribution in [0.15, 0.2) is 35.1 Å². The van der Waals surface area contributed by atoms with Crippen molar-refractivity contribution in [3.8, 4) is 11.8 Å². The molecule has 0 spiro atoms. The number of ketones is 1. The molecule has 0 unspecified atom stereocenters. The molecule has 2 aromatic rings. The topological polar surface area (TPSA) is 102 Å². The number of hydrogen-bond donors (Lipinski definition) is 1. The quantitative estimate of drug-likeness (QED) is 0.819. The minimum Gasteiger partial charge on any atom is -0.324 e. The average molecular weight is 268 g/mol. The number of Topliss-reactive ketones (excluding diaryl/α,β-unsaturated/α-hetero) is 1. The largest absolute Gasteiger partial charge is 0.324 e. The van der Waals surface area contributed by atoms with Crippen molar-refractivity contribution < 1.29 is 4.79 Å². The normalized spacial score (nSPS) is 10.1. The molecule has 0 saturated heterocycles. The summed E-state index contributed by atoms with van der Waals surface area (Å²) in [6.07, 6.45) is 0. The number of aromatic nitrogens is 2. The molecule has 6 heteroatoms. The lowest BCUT2D eigenvalue weighted by Crippen LogP contribution is -2.29. The van der Waals surface area contributed by atoms with Gasteiger partial charge in [0.2, 0.25) is 0 Å². The van der Waals surface area contributed by atoms with Crippen molar-refractivity contribution in [2.45, 2.75) is 6.92 Å². The van der Waals surface area contributed by atoms with Crippen LogP contribution >= 0.6 is 0 Å². The Kier molecular flexibility index (Phi) is 3.73. The van der Waals surface area contributed by atoms with E-state index in [2.05, 4.69) is 5.10 Å². The second kappa shape index (κ2) is 5.47. The summed E-state index contributed by atoms with van der Waals surface area (Å²) in [5.74, 6) is -0.413. The number of nitriles is 1. The molecule has 20 heavy (non-hydrogen) atoms. The van der Waals surface area contributed by atoms with E-state index in [9.17, 15) is 9.59 Å². The summed E-state index contributed by atoms with van der Waals surface area (Å²) in [6.45, 7) is 1.29. The number of nitrogens with two attached hydrogens (primary N) is 1. The Hall–Kier alpha value is -2.78. The number of hydrogen-bond acceptors (Lipinski definition) is 5. The van der Waals surface area contributed by atoms with Gasteiger partial charge in [0, 0.05) is 5.56 Å². The molecule has 0 saturated carbocycles. The van der Waals surface area contributed by atoms with Crippen LogP contribution in [-0.2, 0) is 0 Å². The lowest BCUT2D eigenvalue weighted by molar-refractivity contribution is 0.0994. The highest BCUT2D eigenvalue weighted by molar-refractivity contribution is 5.97.